The molecule has 0 bridgehead atoms. The molecular weight excluding hydrogens is 340 g/mol. The highest BCUT2D eigenvalue weighted by Crippen LogP contribution is 2.15. The van der Waals surface area contributed by atoms with Crippen LogP contribution in [0.5, 0.6) is 5.75 Å². The van der Waals surface area contributed by atoms with Crippen LogP contribution >= 0.6 is 0 Å². The normalized spacial score (nSPS) is 11.6. The molecule has 0 saturated carbocycles. The fourth-order valence-corrected chi connectivity index (χ4v) is 2.09. The van der Waals surface area contributed by atoms with E-state index in [2.05, 4.69) is 0 Å². The molecule has 0 aromatic heterocycles. The first-order chi connectivity index (χ1) is 11.5. The second-order valence-electron chi connectivity index (χ2n) is 4.62. The van der Waals surface area contributed by atoms with E-state index < -0.39 is 10.1 Å². The average Bonchev–Trinajstić information content (AvgIpc) is 2.55. The summed E-state index contributed by atoms with van der Waals surface area (Å²) in [6.07, 6.45) is 0. The van der Waals surface area contributed by atoms with E-state index >= 15 is 0 Å². The van der Waals surface area contributed by atoms with E-state index in [1.165, 1.54) is 24.3 Å². The van der Waals surface area contributed by atoms with Gasteiger partial charge in [0.25, 0.3) is 10.1 Å². The van der Waals surface area contributed by atoms with Gasteiger partial charge in [-0.15, -0.1) is 0 Å². The van der Waals surface area contributed by atoms with Crippen molar-refractivity contribution >= 4 is 10.1 Å². The zero-order valence-electron chi connectivity index (χ0n) is 13.7. The SMILES string of the molecule is COCCOCCOCCOCCOc1ccc(S(=O)(=O)O)cc1. The molecule has 0 radical (unpaired) electrons. The lowest BCUT2D eigenvalue weighted by Crippen LogP contribution is -2.13. The molecule has 0 aliphatic carbocycles. The molecule has 8 nitrogen and oxygen atoms in total. The van der Waals surface area contributed by atoms with Crippen LogP contribution in [0.1, 0.15) is 0 Å². The van der Waals surface area contributed by atoms with Crippen molar-refractivity contribution in [3.05, 3.63) is 24.3 Å². The number of hydrogen-bond donors (Lipinski definition) is 1. The molecule has 1 aromatic carbocycles. The Kier molecular flexibility index (Phi) is 10.6. The molecule has 0 unspecified atom stereocenters. The van der Waals surface area contributed by atoms with Gasteiger partial charge in [0, 0.05) is 7.11 Å². The molecule has 1 N–H and O–H groups in total. The van der Waals surface area contributed by atoms with Crippen LogP contribution in [0.3, 0.4) is 0 Å². The summed E-state index contributed by atoms with van der Waals surface area (Å²) in [6, 6.07) is 5.48. The van der Waals surface area contributed by atoms with Crippen molar-refractivity contribution in [1.29, 1.82) is 0 Å². The quantitative estimate of drug-likeness (QED) is 0.386. The maximum atomic E-state index is 10.9. The number of rotatable bonds is 14. The maximum absolute atomic E-state index is 10.9. The molecule has 0 aliphatic rings. The summed E-state index contributed by atoms with van der Waals surface area (Å²) in [4.78, 5) is -0.172. The van der Waals surface area contributed by atoms with E-state index in [9.17, 15) is 8.42 Å². The van der Waals surface area contributed by atoms with E-state index in [1.54, 1.807) is 7.11 Å². The van der Waals surface area contributed by atoms with Crippen molar-refractivity contribution in [2.24, 2.45) is 0 Å². The Hall–Kier alpha value is -1.23. The number of benzene rings is 1. The number of methoxy groups -OCH3 is 1. The summed E-state index contributed by atoms with van der Waals surface area (Å²) in [5.74, 6) is 0.496. The Bertz CT molecular complexity index is 529. The van der Waals surface area contributed by atoms with Crippen molar-refractivity contribution in [1.82, 2.24) is 0 Å². The van der Waals surface area contributed by atoms with Crippen molar-refractivity contribution in [2.45, 2.75) is 4.90 Å². The van der Waals surface area contributed by atoms with Crippen molar-refractivity contribution in [3.8, 4) is 5.75 Å². The average molecular weight is 364 g/mol. The molecule has 24 heavy (non-hydrogen) atoms. The first-order valence-electron chi connectivity index (χ1n) is 7.46. The van der Waals surface area contributed by atoms with Gasteiger partial charge in [0.2, 0.25) is 0 Å². The maximum Gasteiger partial charge on any atom is 0.294 e. The monoisotopic (exact) mass is 364 g/mol. The molecule has 1 aromatic rings. The van der Waals surface area contributed by atoms with Crippen molar-refractivity contribution in [2.75, 3.05) is 60.0 Å². The van der Waals surface area contributed by atoms with Gasteiger partial charge in [0.15, 0.2) is 0 Å². The minimum absolute atomic E-state index is 0.172. The molecular formula is C15H24O8S. The molecule has 0 fully saturated rings. The fourth-order valence-electron chi connectivity index (χ4n) is 1.61. The van der Waals surface area contributed by atoms with Crippen LogP contribution in [0.4, 0.5) is 0 Å². The van der Waals surface area contributed by atoms with E-state index in [1.807, 2.05) is 0 Å². The van der Waals surface area contributed by atoms with E-state index in [4.69, 9.17) is 28.2 Å². The van der Waals surface area contributed by atoms with Crippen LogP contribution in [0.25, 0.3) is 0 Å². The molecule has 138 valence electrons. The highest BCUT2D eigenvalue weighted by Gasteiger charge is 2.08. The smallest absolute Gasteiger partial charge is 0.294 e. The third-order valence-corrected chi connectivity index (χ3v) is 3.66. The largest absolute Gasteiger partial charge is 0.491 e. The van der Waals surface area contributed by atoms with Crippen molar-refractivity contribution in [3.63, 3.8) is 0 Å². The van der Waals surface area contributed by atoms with Gasteiger partial charge >= 0.3 is 0 Å². The van der Waals surface area contributed by atoms with Gasteiger partial charge in [-0.25, -0.2) is 0 Å². The van der Waals surface area contributed by atoms with Crippen LogP contribution in [0.15, 0.2) is 29.2 Å². The minimum atomic E-state index is -4.18. The van der Waals surface area contributed by atoms with Crippen LogP contribution in [0, 0.1) is 0 Å². The lowest BCUT2D eigenvalue weighted by molar-refractivity contribution is 0.000162. The second kappa shape index (κ2) is 12.2. The Morgan fingerprint density at radius 1 is 0.792 bits per heavy atom. The van der Waals surface area contributed by atoms with Gasteiger partial charge in [-0.3, -0.25) is 4.55 Å². The van der Waals surface area contributed by atoms with Gasteiger partial charge < -0.3 is 23.7 Å². The van der Waals surface area contributed by atoms with Gasteiger partial charge in [-0.1, -0.05) is 0 Å². The zero-order valence-corrected chi connectivity index (χ0v) is 14.5. The minimum Gasteiger partial charge on any atom is -0.491 e. The summed E-state index contributed by atoms with van der Waals surface area (Å²) >= 11 is 0. The van der Waals surface area contributed by atoms with E-state index in [0.29, 0.717) is 58.6 Å². The molecule has 0 spiro atoms. The predicted octanol–water partition coefficient (Wildman–Crippen LogP) is 1.01. The van der Waals surface area contributed by atoms with Crippen LogP contribution in [-0.4, -0.2) is 72.9 Å². The summed E-state index contributed by atoms with van der Waals surface area (Å²) in [6.45, 7) is 3.77. The van der Waals surface area contributed by atoms with Crippen molar-refractivity contribution < 1.29 is 36.7 Å². The van der Waals surface area contributed by atoms with Gasteiger partial charge in [-0.05, 0) is 24.3 Å². The lowest BCUT2D eigenvalue weighted by atomic mass is 10.3. The lowest BCUT2D eigenvalue weighted by Gasteiger charge is -2.08. The second-order valence-corrected chi connectivity index (χ2v) is 6.05. The standard InChI is InChI=1S/C15H24O8S/c1-19-6-7-20-8-9-21-10-11-22-12-13-23-14-2-4-15(5-3-14)24(16,17)18/h2-5H,6-13H2,1H3,(H,16,17,18). The van der Waals surface area contributed by atoms with Crippen LogP contribution in [-0.2, 0) is 29.1 Å². The number of ether oxygens (including phenoxy) is 5. The van der Waals surface area contributed by atoms with E-state index in [-0.39, 0.29) is 4.90 Å². The Morgan fingerprint density at radius 2 is 1.25 bits per heavy atom. The third-order valence-electron chi connectivity index (χ3n) is 2.79. The predicted molar refractivity (Wildman–Crippen MR) is 86.1 cm³/mol. The molecule has 0 heterocycles. The zero-order chi connectivity index (χ0) is 17.7. The molecule has 0 aliphatic heterocycles. The topological polar surface area (TPSA) is 101 Å². The third kappa shape index (κ3) is 9.81. The summed E-state index contributed by atoms with van der Waals surface area (Å²) in [5, 5.41) is 0. The first kappa shape index (κ1) is 20.8. The van der Waals surface area contributed by atoms with Gasteiger partial charge in [-0.2, -0.15) is 8.42 Å². The van der Waals surface area contributed by atoms with Crippen LogP contribution < -0.4 is 4.74 Å². The molecule has 0 amide bonds. The van der Waals surface area contributed by atoms with E-state index in [0.717, 1.165) is 0 Å². The Balaban J connectivity index is 1.97. The fraction of sp³-hybridized carbons (Fsp3) is 0.600. The summed E-state index contributed by atoms with van der Waals surface area (Å²) < 4.78 is 56.7. The molecule has 1 rings (SSSR count). The molecule has 9 heteroatoms. The molecule has 0 atom stereocenters. The highest BCUT2D eigenvalue weighted by atomic mass is 32.2. The molecule has 0 saturated heterocycles. The Labute approximate surface area is 142 Å². The summed E-state index contributed by atoms with van der Waals surface area (Å²) in [5.41, 5.74) is 0. The first-order valence-corrected chi connectivity index (χ1v) is 8.90. The highest BCUT2D eigenvalue weighted by molar-refractivity contribution is 7.85. The van der Waals surface area contributed by atoms with Crippen LogP contribution in [0.2, 0.25) is 0 Å². The number of hydrogen-bond acceptors (Lipinski definition) is 7. The van der Waals surface area contributed by atoms with Gasteiger partial charge in [0.05, 0.1) is 51.1 Å². The Morgan fingerprint density at radius 3 is 1.71 bits per heavy atom. The van der Waals surface area contributed by atoms with Gasteiger partial charge in [0.1, 0.15) is 12.4 Å². The summed E-state index contributed by atoms with van der Waals surface area (Å²) in [7, 11) is -2.56.